The zero-order valence-electron chi connectivity index (χ0n) is 11.7. The predicted molar refractivity (Wildman–Crippen MR) is 76.1 cm³/mol. The molecule has 0 spiro atoms. The Kier molecular flexibility index (Phi) is 3.83. The molecule has 3 N–H and O–H groups in total. The van der Waals surface area contributed by atoms with Crippen LogP contribution >= 0.6 is 0 Å². The molecule has 1 aliphatic rings. The van der Waals surface area contributed by atoms with Gasteiger partial charge < -0.3 is 20.6 Å². The third-order valence-electron chi connectivity index (χ3n) is 3.47. The SMILES string of the molecule is CC(C)(C(=O)N1CCCOc2ccccc21)/C(N)=N/O. The molecule has 1 heterocycles. The minimum Gasteiger partial charge on any atom is -0.491 e. The number of ether oxygens (including phenoxy) is 1. The van der Waals surface area contributed by atoms with Gasteiger partial charge in [-0.1, -0.05) is 17.3 Å². The van der Waals surface area contributed by atoms with Crippen LogP contribution in [0.15, 0.2) is 29.4 Å². The lowest BCUT2D eigenvalue weighted by Crippen LogP contribution is -2.48. The van der Waals surface area contributed by atoms with Crippen LogP contribution in [0.3, 0.4) is 0 Å². The Bertz CT molecular complexity index is 540. The van der Waals surface area contributed by atoms with Gasteiger partial charge in [-0.05, 0) is 32.4 Å². The summed E-state index contributed by atoms with van der Waals surface area (Å²) in [7, 11) is 0. The minimum absolute atomic E-state index is 0.106. The number of carbonyl (C=O) groups is 1. The third kappa shape index (κ3) is 2.41. The van der Waals surface area contributed by atoms with Gasteiger partial charge in [-0.15, -0.1) is 0 Å². The second-order valence-corrected chi connectivity index (χ2v) is 5.24. The van der Waals surface area contributed by atoms with Crippen molar-refractivity contribution in [2.75, 3.05) is 18.1 Å². The molecule has 20 heavy (non-hydrogen) atoms. The Labute approximate surface area is 117 Å². The number of carbonyl (C=O) groups excluding carboxylic acids is 1. The lowest BCUT2D eigenvalue weighted by molar-refractivity contribution is -0.123. The van der Waals surface area contributed by atoms with Crippen molar-refractivity contribution >= 4 is 17.4 Å². The standard InChI is InChI=1S/C14H19N3O3/c1-14(2,12(15)16-19)13(18)17-8-5-9-20-11-7-4-3-6-10(11)17/h3-4,6-7,19H,5,8-9H2,1-2H3,(H2,15,16). The molecule has 0 bridgehead atoms. The van der Waals surface area contributed by atoms with E-state index in [1.165, 1.54) is 0 Å². The largest absolute Gasteiger partial charge is 0.491 e. The van der Waals surface area contributed by atoms with Gasteiger partial charge >= 0.3 is 0 Å². The van der Waals surface area contributed by atoms with Crippen LogP contribution in [-0.2, 0) is 4.79 Å². The highest BCUT2D eigenvalue weighted by Crippen LogP contribution is 2.33. The number of nitrogens with zero attached hydrogens (tertiary/aromatic N) is 2. The van der Waals surface area contributed by atoms with Crippen molar-refractivity contribution in [1.29, 1.82) is 0 Å². The van der Waals surface area contributed by atoms with Gasteiger partial charge in [0.25, 0.3) is 0 Å². The van der Waals surface area contributed by atoms with E-state index in [1.54, 1.807) is 18.7 Å². The van der Waals surface area contributed by atoms with Gasteiger partial charge in [-0.25, -0.2) is 0 Å². The van der Waals surface area contributed by atoms with Crippen LogP contribution in [0.4, 0.5) is 5.69 Å². The fourth-order valence-electron chi connectivity index (χ4n) is 2.11. The molecule has 108 valence electrons. The van der Waals surface area contributed by atoms with Crippen molar-refractivity contribution in [3.8, 4) is 5.75 Å². The molecule has 1 aliphatic heterocycles. The summed E-state index contributed by atoms with van der Waals surface area (Å²) in [4.78, 5) is 14.4. The molecule has 6 nitrogen and oxygen atoms in total. The summed E-state index contributed by atoms with van der Waals surface area (Å²) in [6.07, 6.45) is 0.729. The van der Waals surface area contributed by atoms with Crippen LogP contribution in [0, 0.1) is 5.41 Å². The summed E-state index contributed by atoms with van der Waals surface area (Å²) in [5.74, 6) is 0.351. The van der Waals surface area contributed by atoms with E-state index >= 15 is 0 Å². The monoisotopic (exact) mass is 277 g/mol. The van der Waals surface area contributed by atoms with Gasteiger partial charge in [0.05, 0.1) is 12.3 Å². The average molecular weight is 277 g/mol. The topological polar surface area (TPSA) is 88.2 Å². The van der Waals surface area contributed by atoms with Crippen LogP contribution in [-0.4, -0.2) is 30.1 Å². The smallest absolute Gasteiger partial charge is 0.240 e. The molecule has 6 heteroatoms. The zero-order valence-corrected chi connectivity index (χ0v) is 11.7. The molecule has 0 fully saturated rings. The van der Waals surface area contributed by atoms with E-state index < -0.39 is 5.41 Å². The number of nitrogens with two attached hydrogens (primary N) is 1. The number of hydrogen-bond donors (Lipinski definition) is 2. The molecule has 1 aromatic carbocycles. The number of amidine groups is 1. The van der Waals surface area contributed by atoms with Crippen LogP contribution in [0.2, 0.25) is 0 Å². The highest BCUT2D eigenvalue weighted by atomic mass is 16.5. The molecule has 0 aliphatic carbocycles. The van der Waals surface area contributed by atoms with Crippen molar-refractivity contribution < 1.29 is 14.7 Å². The lowest BCUT2D eigenvalue weighted by Gasteiger charge is -2.30. The van der Waals surface area contributed by atoms with Crippen LogP contribution in [0.1, 0.15) is 20.3 Å². The van der Waals surface area contributed by atoms with Gasteiger partial charge in [-0.2, -0.15) is 0 Å². The Hall–Kier alpha value is -2.24. The summed E-state index contributed by atoms with van der Waals surface area (Å²) >= 11 is 0. The van der Waals surface area contributed by atoms with Crippen molar-refractivity contribution in [2.24, 2.45) is 16.3 Å². The first-order valence-electron chi connectivity index (χ1n) is 6.50. The molecule has 0 radical (unpaired) electrons. The van der Waals surface area contributed by atoms with E-state index in [2.05, 4.69) is 5.16 Å². The summed E-state index contributed by atoms with van der Waals surface area (Å²) < 4.78 is 5.62. The number of oxime groups is 1. The Morgan fingerprint density at radius 1 is 1.45 bits per heavy atom. The van der Waals surface area contributed by atoms with Gasteiger partial charge in [0, 0.05) is 6.54 Å². The zero-order chi connectivity index (χ0) is 14.8. The molecule has 0 saturated heterocycles. The number of para-hydroxylation sites is 2. The number of fused-ring (bicyclic) bond motifs is 1. The second-order valence-electron chi connectivity index (χ2n) is 5.24. The summed E-state index contributed by atoms with van der Waals surface area (Å²) in [5, 5.41) is 11.8. The average Bonchev–Trinajstić information content (AvgIpc) is 2.67. The second kappa shape index (κ2) is 5.40. The quantitative estimate of drug-likeness (QED) is 0.372. The van der Waals surface area contributed by atoms with Crippen molar-refractivity contribution in [3.63, 3.8) is 0 Å². The Morgan fingerprint density at radius 3 is 2.85 bits per heavy atom. The molecule has 0 aromatic heterocycles. The third-order valence-corrected chi connectivity index (χ3v) is 3.47. The minimum atomic E-state index is -1.08. The normalized spacial score (nSPS) is 16.1. The van der Waals surface area contributed by atoms with E-state index in [4.69, 9.17) is 15.7 Å². The van der Waals surface area contributed by atoms with Crippen LogP contribution in [0.5, 0.6) is 5.75 Å². The number of anilines is 1. The molecular weight excluding hydrogens is 258 g/mol. The first kappa shape index (κ1) is 14.2. The molecule has 0 unspecified atom stereocenters. The highest BCUT2D eigenvalue weighted by Gasteiger charge is 2.38. The van der Waals surface area contributed by atoms with E-state index in [-0.39, 0.29) is 11.7 Å². The number of rotatable bonds is 2. The van der Waals surface area contributed by atoms with Crippen LogP contribution < -0.4 is 15.4 Å². The van der Waals surface area contributed by atoms with Gasteiger partial charge in [0.15, 0.2) is 5.84 Å². The van der Waals surface area contributed by atoms with Crippen molar-refractivity contribution in [1.82, 2.24) is 0 Å². The fraction of sp³-hybridized carbons (Fsp3) is 0.429. The molecular formula is C14H19N3O3. The maximum absolute atomic E-state index is 12.7. The molecule has 1 aromatic rings. The Balaban J connectivity index is 2.40. The lowest BCUT2D eigenvalue weighted by atomic mass is 9.89. The maximum atomic E-state index is 12.7. The van der Waals surface area contributed by atoms with Crippen LogP contribution in [0.25, 0.3) is 0 Å². The predicted octanol–water partition coefficient (Wildman–Crippen LogP) is 1.57. The molecule has 0 saturated carbocycles. The molecule has 1 amide bonds. The van der Waals surface area contributed by atoms with E-state index in [0.29, 0.717) is 24.6 Å². The Morgan fingerprint density at radius 2 is 2.15 bits per heavy atom. The van der Waals surface area contributed by atoms with Gasteiger partial charge in [-0.3, -0.25) is 4.79 Å². The first-order valence-corrected chi connectivity index (χ1v) is 6.50. The van der Waals surface area contributed by atoms with E-state index in [1.807, 2.05) is 24.3 Å². The molecule has 2 rings (SSSR count). The summed E-state index contributed by atoms with van der Waals surface area (Å²) in [6.45, 7) is 4.38. The number of benzene rings is 1. The summed E-state index contributed by atoms with van der Waals surface area (Å²) in [6, 6.07) is 7.38. The molecule has 0 atom stereocenters. The van der Waals surface area contributed by atoms with E-state index in [9.17, 15) is 4.79 Å². The maximum Gasteiger partial charge on any atom is 0.240 e. The van der Waals surface area contributed by atoms with E-state index in [0.717, 1.165) is 6.42 Å². The number of amides is 1. The van der Waals surface area contributed by atoms with Gasteiger partial charge in [0.1, 0.15) is 11.2 Å². The summed E-state index contributed by atoms with van der Waals surface area (Å²) in [5.41, 5.74) is 5.28. The fourth-order valence-corrected chi connectivity index (χ4v) is 2.11. The highest BCUT2D eigenvalue weighted by molar-refractivity contribution is 6.12. The van der Waals surface area contributed by atoms with Gasteiger partial charge in [0.2, 0.25) is 5.91 Å². The number of hydrogen-bond acceptors (Lipinski definition) is 4. The first-order chi connectivity index (χ1) is 9.48. The van der Waals surface area contributed by atoms with Crippen molar-refractivity contribution in [3.05, 3.63) is 24.3 Å². The van der Waals surface area contributed by atoms with Crippen molar-refractivity contribution in [2.45, 2.75) is 20.3 Å².